The quantitative estimate of drug-likeness (QED) is 0.698. The second-order valence-electron chi connectivity index (χ2n) is 7.44. The van der Waals surface area contributed by atoms with Crippen LogP contribution < -0.4 is 5.32 Å². The fraction of sp³-hybridized carbons (Fsp3) is 0.429. The smallest absolute Gasteiger partial charge is 0.146 e. The Labute approximate surface area is 168 Å². The summed E-state index contributed by atoms with van der Waals surface area (Å²) in [5.74, 6) is 1.95. The standard InChI is InChI=1S/C21H24N4O2S/c26-15-5-3-4-14(12-15)22-20-19-16-6-1-2-7-17(16)28-21(19)24-18(23-20)13-25-8-10-27-11-9-25/h3-5,12,26H,1-2,6-11,13H2,(H,22,23,24). The minimum atomic E-state index is 0.246. The first-order valence-corrected chi connectivity index (χ1v) is 10.8. The second-order valence-corrected chi connectivity index (χ2v) is 8.53. The van der Waals surface area contributed by atoms with Gasteiger partial charge in [-0.1, -0.05) is 6.07 Å². The number of fused-ring (bicyclic) bond motifs is 3. The number of nitrogens with one attached hydrogen (secondary N) is 1. The van der Waals surface area contributed by atoms with Gasteiger partial charge in [-0.25, -0.2) is 9.97 Å². The van der Waals surface area contributed by atoms with Gasteiger partial charge in [0.15, 0.2) is 0 Å². The lowest BCUT2D eigenvalue weighted by Gasteiger charge is -2.25. The molecule has 0 atom stereocenters. The number of rotatable bonds is 4. The van der Waals surface area contributed by atoms with E-state index in [2.05, 4.69) is 10.2 Å². The molecule has 1 saturated heterocycles. The van der Waals surface area contributed by atoms with Gasteiger partial charge >= 0.3 is 0 Å². The summed E-state index contributed by atoms with van der Waals surface area (Å²) >= 11 is 1.82. The average molecular weight is 397 g/mol. The van der Waals surface area contributed by atoms with E-state index in [4.69, 9.17) is 14.7 Å². The highest BCUT2D eigenvalue weighted by Gasteiger charge is 2.22. The Morgan fingerprint density at radius 2 is 2.00 bits per heavy atom. The Bertz CT molecular complexity index is 997. The summed E-state index contributed by atoms with van der Waals surface area (Å²) in [5.41, 5.74) is 2.25. The van der Waals surface area contributed by atoms with Crippen molar-refractivity contribution in [2.24, 2.45) is 0 Å². The SMILES string of the molecule is Oc1cccc(Nc2nc(CN3CCOCC3)nc3sc4c(c23)CCCC4)c1. The minimum Gasteiger partial charge on any atom is -0.508 e. The number of phenols is 1. The van der Waals surface area contributed by atoms with Crippen molar-refractivity contribution in [1.82, 2.24) is 14.9 Å². The number of hydrogen-bond donors (Lipinski definition) is 2. The number of morpholine rings is 1. The summed E-state index contributed by atoms with van der Waals surface area (Å²) in [5, 5.41) is 14.5. The van der Waals surface area contributed by atoms with Crippen LogP contribution in [-0.2, 0) is 24.1 Å². The van der Waals surface area contributed by atoms with Crippen molar-refractivity contribution in [3.8, 4) is 5.75 Å². The van der Waals surface area contributed by atoms with Crippen LogP contribution in [-0.4, -0.2) is 46.3 Å². The molecule has 1 aliphatic heterocycles. The molecule has 0 bridgehead atoms. The number of phenolic OH excluding ortho intramolecular Hbond substituents is 1. The van der Waals surface area contributed by atoms with Crippen molar-refractivity contribution in [3.05, 3.63) is 40.5 Å². The summed E-state index contributed by atoms with van der Waals surface area (Å²) in [6.45, 7) is 4.10. The zero-order valence-corrected chi connectivity index (χ0v) is 16.6. The molecule has 5 rings (SSSR count). The maximum absolute atomic E-state index is 9.84. The lowest BCUT2D eigenvalue weighted by molar-refractivity contribution is 0.0331. The van der Waals surface area contributed by atoms with Crippen LogP contribution in [0.5, 0.6) is 5.75 Å². The normalized spacial score (nSPS) is 17.6. The third-order valence-corrected chi connectivity index (χ3v) is 6.62. The summed E-state index contributed by atoms with van der Waals surface area (Å²) in [6.07, 6.45) is 4.71. The maximum atomic E-state index is 9.84. The molecule has 0 spiro atoms. The third kappa shape index (κ3) is 3.57. The van der Waals surface area contributed by atoms with E-state index in [1.807, 2.05) is 23.5 Å². The van der Waals surface area contributed by atoms with Crippen molar-refractivity contribution >= 4 is 33.1 Å². The Hall–Kier alpha value is -2.22. The van der Waals surface area contributed by atoms with E-state index in [-0.39, 0.29) is 5.75 Å². The number of thiophene rings is 1. The highest BCUT2D eigenvalue weighted by molar-refractivity contribution is 7.19. The fourth-order valence-corrected chi connectivity index (χ4v) is 5.32. The van der Waals surface area contributed by atoms with Crippen LogP contribution in [0.15, 0.2) is 24.3 Å². The van der Waals surface area contributed by atoms with Crippen LogP contribution in [0.4, 0.5) is 11.5 Å². The first-order chi connectivity index (χ1) is 13.8. The molecule has 0 radical (unpaired) electrons. The van der Waals surface area contributed by atoms with Crippen molar-refractivity contribution in [2.75, 3.05) is 31.6 Å². The van der Waals surface area contributed by atoms with Gasteiger partial charge in [0.2, 0.25) is 0 Å². The fourth-order valence-electron chi connectivity index (χ4n) is 4.04. The van der Waals surface area contributed by atoms with Crippen LogP contribution in [0.3, 0.4) is 0 Å². The number of nitrogens with zero attached hydrogens (tertiary/aromatic N) is 3. The maximum Gasteiger partial charge on any atom is 0.146 e. The zero-order valence-electron chi connectivity index (χ0n) is 15.8. The van der Waals surface area contributed by atoms with Gasteiger partial charge in [-0.05, 0) is 43.4 Å². The highest BCUT2D eigenvalue weighted by Crippen LogP contribution is 2.39. The van der Waals surface area contributed by atoms with E-state index in [1.165, 1.54) is 23.3 Å². The molecule has 1 fully saturated rings. The number of hydrogen-bond acceptors (Lipinski definition) is 7. The number of aromatic nitrogens is 2. The minimum absolute atomic E-state index is 0.246. The molecule has 0 saturated carbocycles. The Morgan fingerprint density at radius 1 is 1.14 bits per heavy atom. The van der Waals surface area contributed by atoms with Crippen LogP contribution in [0.2, 0.25) is 0 Å². The predicted molar refractivity (Wildman–Crippen MR) is 112 cm³/mol. The molecule has 3 aromatic rings. The molecule has 3 heterocycles. The van der Waals surface area contributed by atoms with Crippen molar-refractivity contribution in [1.29, 1.82) is 0 Å². The largest absolute Gasteiger partial charge is 0.508 e. The summed E-state index contributed by atoms with van der Waals surface area (Å²) in [4.78, 5) is 14.7. The molecule has 6 nitrogen and oxygen atoms in total. The number of benzene rings is 1. The summed E-state index contributed by atoms with van der Waals surface area (Å²) in [6, 6.07) is 7.20. The number of aromatic hydroxyl groups is 1. The van der Waals surface area contributed by atoms with E-state index in [0.717, 1.165) is 73.2 Å². The Morgan fingerprint density at radius 3 is 2.86 bits per heavy atom. The molecule has 1 aromatic carbocycles. The summed E-state index contributed by atoms with van der Waals surface area (Å²) < 4.78 is 5.46. The predicted octanol–water partition coefficient (Wildman–Crippen LogP) is 3.85. The van der Waals surface area contributed by atoms with Gasteiger partial charge in [0.05, 0.1) is 25.1 Å². The molecular weight excluding hydrogens is 372 g/mol. The van der Waals surface area contributed by atoms with E-state index < -0.39 is 0 Å². The van der Waals surface area contributed by atoms with E-state index in [1.54, 1.807) is 12.1 Å². The van der Waals surface area contributed by atoms with Gasteiger partial charge < -0.3 is 15.2 Å². The van der Waals surface area contributed by atoms with Crippen molar-refractivity contribution in [3.63, 3.8) is 0 Å². The van der Waals surface area contributed by atoms with Crippen molar-refractivity contribution < 1.29 is 9.84 Å². The van der Waals surface area contributed by atoms with Gasteiger partial charge in [-0.2, -0.15) is 0 Å². The second kappa shape index (κ2) is 7.66. The highest BCUT2D eigenvalue weighted by atomic mass is 32.1. The Balaban J connectivity index is 1.56. The van der Waals surface area contributed by atoms with Crippen LogP contribution in [0, 0.1) is 0 Å². The van der Waals surface area contributed by atoms with Gasteiger partial charge in [-0.3, -0.25) is 4.90 Å². The molecule has 0 unspecified atom stereocenters. The van der Waals surface area contributed by atoms with E-state index >= 15 is 0 Å². The number of anilines is 2. The molecule has 1 aliphatic carbocycles. The molecule has 7 heteroatoms. The third-order valence-electron chi connectivity index (χ3n) is 5.44. The lowest BCUT2D eigenvalue weighted by atomic mass is 9.97. The van der Waals surface area contributed by atoms with E-state index in [0.29, 0.717) is 0 Å². The average Bonchev–Trinajstić information content (AvgIpc) is 3.07. The lowest BCUT2D eigenvalue weighted by Crippen LogP contribution is -2.36. The summed E-state index contributed by atoms with van der Waals surface area (Å²) in [7, 11) is 0. The van der Waals surface area contributed by atoms with E-state index in [9.17, 15) is 5.11 Å². The first kappa shape index (κ1) is 17.8. The number of ether oxygens (including phenoxy) is 1. The molecule has 2 aromatic heterocycles. The van der Waals surface area contributed by atoms with Gasteiger partial charge in [0.25, 0.3) is 0 Å². The molecule has 0 amide bonds. The molecule has 2 aliphatic rings. The molecular formula is C21H24N4O2S. The number of aryl methyl sites for hydroxylation is 2. The molecule has 2 N–H and O–H groups in total. The molecule has 28 heavy (non-hydrogen) atoms. The first-order valence-electron chi connectivity index (χ1n) is 9.93. The van der Waals surface area contributed by atoms with Crippen molar-refractivity contribution in [2.45, 2.75) is 32.2 Å². The van der Waals surface area contributed by atoms with Crippen LogP contribution >= 0.6 is 11.3 Å². The Kier molecular flexibility index (Phi) is 4.88. The van der Waals surface area contributed by atoms with Crippen LogP contribution in [0.25, 0.3) is 10.2 Å². The zero-order chi connectivity index (χ0) is 18.9. The van der Waals surface area contributed by atoms with Gasteiger partial charge in [-0.15, -0.1) is 11.3 Å². The van der Waals surface area contributed by atoms with Gasteiger partial charge in [0, 0.05) is 29.7 Å². The monoisotopic (exact) mass is 396 g/mol. The van der Waals surface area contributed by atoms with Crippen LogP contribution in [0.1, 0.15) is 29.1 Å². The molecule has 146 valence electrons. The topological polar surface area (TPSA) is 70.5 Å². The van der Waals surface area contributed by atoms with Gasteiger partial charge in [0.1, 0.15) is 22.2 Å².